The zero-order chi connectivity index (χ0) is 12.0. The van der Waals surface area contributed by atoms with Crippen LogP contribution in [0.1, 0.15) is 29.7 Å². The van der Waals surface area contributed by atoms with E-state index in [1.165, 1.54) is 0 Å². The molecule has 1 rings (SSSR count). The second-order valence-electron chi connectivity index (χ2n) is 3.59. The number of nitrogens with one attached hydrogen (secondary N) is 1. The zero-order valence-electron chi connectivity index (χ0n) is 9.53. The van der Waals surface area contributed by atoms with Crippen LogP contribution >= 0.6 is 11.8 Å². The van der Waals surface area contributed by atoms with Gasteiger partial charge >= 0.3 is 0 Å². The van der Waals surface area contributed by atoms with Gasteiger partial charge in [-0.15, -0.1) is 0 Å². The first-order valence-electron chi connectivity index (χ1n) is 5.16. The van der Waals surface area contributed by atoms with E-state index in [0.29, 0.717) is 12.2 Å². The van der Waals surface area contributed by atoms with Gasteiger partial charge in [-0.2, -0.15) is 11.8 Å². The Labute approximate surface area is 99.4 Å². The van der Waals surface area contributed by atoms with Crippen molar-refractivity contribution < 1.29 is 14.3 Å². The Hall–Kier alpha value is -0.940. The molecule has 0 aromatic carbocycles. The highest BCUT2D eigenvalue weighted by molar-refractivity contribution is 7.97. The van der Waals surface area contributed by atoms with Crippen LogP contribution in [0, 0.1) is 0 Å². The van der Waals surface area contributed by atoms with E-state index in [1.807, 2.05) is 19.2 Å². The van der Waals surface area contributed by atoms with Crippen LogP contribution in [0.4, 0.5) is 0 Å². The number of carbonyl (C=O) groups excluding carboxylic acids is 1. The molecule has 1 amide bonds. The largest absolute Gasteiger partial charge is 0.455 e. The summed E-state index contributed by atoms with van der Waals surface area (Å²) in [6.45, 7) is 1.91. The summed E-state index contributed by atoms with van der Waals surface area (Å²) in [6, 6.07) is 3.43. The number of hydrogen-bond acceptors (Lipinski definition) is 4. The van der Waals surface area contributed by atoms with Gasteiger partial charge < -0.3 is 14.8 Å². The van der Waals surface area contributed by atoms with Crippen LogP contribution in [0.25, 0.3) is 0 Å². The van der Waals surface area contributed by atoms with E-state index < -0.39 is 0 Å². The number of furan rings is 1. The molecule has 16 heavy (non-hydrogen) atoms. The summed E-state index contributed by atoms with van der Waals surface area (Å²) in [5.74, 6) is 1.66. The van der Waals surface area contributed by atoms with Gasteiger partial charge in [0.25, 0.3) is 5.91 Å². The molecule has 1 aromatic rings. The summed E-state index contributed by atoms with van der Waals surface area (Å²) in [6.07, 6.45) is 2.52. The van der Waals surface area contributed by atoms with Crippen molar-refractivity contribution in [2.24, 2.45) is 0 Å². The topological polar surface area (TPSA) is 62.5 Å². The fraction of sp³-hybridized carbons (Fsp3) is 0.545. The van der Waals surface area contributed by atoms with Crippen molar-refractivity contribution in [3.8, 4) is 0 Å². The molecule has 0 fully saturated rings. The van der Waals surface area contributed by atoms with Crippen molar-refractivity contribution in [2.45, 2.75) is 25.1 Å². The Bertz CT molecular complexity index is 338. The number of thioether (sulfide) groups is 1. The van der Waals surface area contributed by atoms with Crippen LogP contribution in [-0.4, -0.2) is 29.9 Å². The molecule has 0 spiro atoms. The Balaban J connectivity index is 2.52. The number of rotatable bonds is 6. The first kappa shape index (κ1) is 13.1. The van der Waals surface area contributed by atoms with E-state index in [1.54, 1.807) is 17.8 Å². The summed E-state index contributed by atoms with van der Waals surface area (Å²) in [5.41, 5.74) is 0. The first-order chi connectivity index (χ1) is 7.67. The van der Waals surface area contributed by atoms with Crippen molar-refractivity contribution in [2.75, 3.05) is 12.9 Å². The van der Waals surface area contributed by atoms with E-state index in [2.05, 4.69) is 5.32 Å². The standard InChI is InChI=1S/C11H17NO3S/c1-8(5-6-13)12-11(14)10-4-3-9(15-10)7-16-2/h3-4,8,13H,5-7H2,1-2H3,(H,12,14). The third-order valence-corrected chi connectivity index (χ3v) is 2.68. The number of hydrogen-bond donors (Lipinski definition) is 2. The lowest BCUT2D eigenvalue weighted by Crippen LogP contribution is -2.32. The molecule has 1 atom stereocenters. The van der Waals surface area contributed by atoms with E-state index in [4.69, 9.17) is 9.52 Å². The second kappa shape index (κ2) is 6.60. The molecule has 0 bridgehead atoms. The Morgan fingerprint density at radius 1 is 1.62 bits per heavy atom. The van der Waals surface area contributed by atoms with Crippen LogP contribution in [0.5, 0.6) is 0 Å². The van der Waals surface area contributed by atoms with Gasteiger partial charge in [0.1, 0.15) is 5.76 Å². The van der Waals surface area contributed by atoms with Crippen molar-refractivity contribution in [3.05, 3.63) is 23.7 Å². The minimum Gasteiger partial charge on any atom is -0.455 e. The fourth-order valence-corrected chi connectivity index (χ4v) is 1.72. The molecule has 1 aromatic heterocycles. The average molecular weight is 243 g/mol. The second-order valence-corrected chi connectivity index (χ2v) is 4.45. The van der Waals surface area contributed by atoms with Crippen molar-refractivity contribution in [3.63, 3.8) is 0 Å². The van der Waals surface area contributed by atoms with Crippen LogP contribution in [0.15, 0.2) is 16.5 Å². The van der Waals surface area contributed by atoms with Gasteiger partial charge in [-0.3, -0.25) is 4.79 Å². The maximum Gasteiger partial charge on any atom is 0.287 e. The summed E-state index contributed by atoms with van der Waals surface area (Å²) < 4.78 is 5.37. The van der Waals surface area contributed by atoms with Crippen molar-refractivity contribution >= 4 is 17.7 Å². The monoisotopic (exact) mass is 243 g/mol. The molecule has 0 saturated carbocycles. The maximum atomic E-state index is 11.7. The molecular weight excluding hydrogens is 226 g/mol. The first-order valence-corrected chi connectivity index (χ1v) is 6.56. The normalized spacial score (nSPS) is 12.4. The highest BCUT2D eigenvalue weighted by Gasteiger charge is 2.13. The van der Waals surface area contributed by atoms with Gasteiger partial charge in [-0.05, 0) is 31.7 Å². The third-order valence-electron chi connectivity index (χ3n) is 2.11. The van der Waals surface area contributed by atoms with Gasteiger partial charge in [0.05, 0.1) is 5.75 Å². The van der Waals surface area contributed by atoms with Gasteiger partial charge in [-0.25, -0.2) is 0 Å². The maximum absolute atomic E-state index is 11.7. The molecule has 0 aliphatic carbocycles. The fourth-order valence-electron chi connectivity index (χ4n) is 1.28. The lowest BCUT2D eigenvalue weighted by Gasteiger charge is -2.10. The van der Waals surface area contributed by atoms with E-state index >= 15 is 0 Å². The smallest absolute Gasteiger partial charge is 0.287 e. The highest BCUT2D eigenvalue weighted by Crippen LogP contribution is 2.13. The van der Waals surface area contributed by atoms with Crippen LogP contribution in [0.3, 0.4) is 0 Å². The van der Waals surface area contributed by atoms with Crippen LogP contribution < -0.4 is 5.32 Å². The summed E-state index contributed by atoms with van der Waals surface area (Å²) in [7, 11) is 0. The zero-order valence-corrected chi connectivity index (χ0v) is 10.3. The average Bonchev–Trinajstić information content (AvgIpc) is 2.67. The predicted octanol–water partition coefficient (Wildman–Crippen LogP) is 1.64. The van der Waals surface area contributed by atoms with E-state index in [-0.39, 0.29) is 18.6 Å². The van der Waals surface area contributed by atoms with Crippen molar-refractivity contribution in [1.82, 2.24) is 5.32 Å². The number of amides is 1. The molecule has 1 heterocycles. The quantitative estimate of drug-likeness (QED) is 0.797. The van der Waals surface area contributed by atoms with Gasteiger partial charge in [0.15, 0.2) is 5.76 Å². The van der Waals surface area contributed by atoms with Gasteiger partial charge in [0.2, 0.25) is 0 Å². The Morgan fingerprint density at radius 2 is 2.38 bits per heavy atom. The molecule has 0 radical (unpaired) electrons. The SMILES string of the molecule is CSCc1ccc(C(=O)NC(C)CCO)o1. The Kier molecular flexibility index (Phi) is 5.42. The molecule has 4 nitrogen and oxygen atoms in total. The lowest BCUT2D eigenvalue weighted by atomic mass is 10.2. The number of aliphatic hydroxyl groups is 1. The van der Waals surface area contributed by atoms with Gasteiger partial charge in [-0.1, -0.05) is 0 Å². The molecule has 5 heteroatoms. The van der Waals surface area contributed by atoms with Crippen LogP contribution in [-0.2, 0) is 5.75 Å². The van der Waals surface area contributed by atoms with E-state index in [9.17, 15) is 4.79 Å². The van der Waals surface area contributed by atoms with Gasteiger partial charge in [0, 0.05) is 12.6 Å². The summed E-state index contributed by atoms with van der Waals surface area (Å²) in [5, 5.41) is 11.5. The minimum atomic E-state index is -0.228. The Morgan fingerprint density at radius 3 is 3.00 bits per heavy atom. The summed E-state index contributed by atoms with van der Waals surface area (Å²) >= 11 is 1.64. The molecule has 90 valence electrons. The molecule has 0 aliphatic heterocycles. The third kappa shape index (κ3) is 3.90. The summed E-state index contributed by atoms with van der Waals surface area (Å²) in [4.78, 5) is 11.7. The molecular formula is C11H17NO3S. The molecule has 1 unspecified atom stereocenters. The van der Waals surface area contributed by atoms with E-state index in [0.717, 1.165) is 11.5 Å². The minimum absolute atomic E-state index is 0.0494. The number of aliphatic hydroxyl groups excluding tert-OH is 1. The molecule has 2 N–H and O–H groups in total. The highest BCUT2D eigenvalue weighted by atomic mass is 32.2. The predicted molar refractivity (Wildman–Crippen MR) is 64.6 cm³/mol. The van der Waals surface area contributed by atoms with Crippen molar-refractivity contribution in [1.29, 1.82) is 0 Å². The van der Waals surface area contributed by atoms with Crippen LogP contribution in [0.2, 0.25) is 0 Å². The number of carbonyl (C=O) groups is 1. The lowest BCUT2D eigenvalue weighted by molar-refractivity contribution is 0.0905. The molecule has 0 saturated heterocycles. The molecule has 0 aliphatic rings.